The number of esters is 1. The lowest BCUT2D eigenvalue weighted by Gasteiger charge is -2.30. The number of hydrogen-bond donors (Lipinski definition) is 0. The van der Waals surface area contributed by atoms with Crippen LogP contribution in [0.2, 0.25) is 0 Å². The van der Waals surface area contributed by atoms with E-state index in [1.165, 1.54) is 6.92 Å². The van der Waals surface area contributed by atoms with Gasteiger partial charge in [-0.25, -0.2) is 0 Å². The highest BCUT2D eigenvalue weighted by molar-refractivity contribution is 5.79. The molecule has 0 unspecified atom stereocenters. The molecule has 0 aromatic heterocycles. The summed E-state index contributed by atoms with van der Waals surface area (Å²) in [6, 6.07) is 0.220. The fourth-order valence-electron chi connectivity index (χ4n) is 2.35. The number of ketones is 1. The highest BCUT2D eigenvalue weighted by Gasteiger charge is 2.21. The van der Waals surface area contributed by atoms with Crippen LogP contribution in [0.1, 0.15) is 52.9 Å². The predicted molar refractivity (Wildman–Crippen MR) is 78.1 cm³/mol. The lowest BCUT2D eigenvalue weighted by atomic mass is 10.0. The van der Waals surface area contributed by atoms with Crippen LogP contribution in [-0.2, 0) is 14.3 Å². The van der Waals surface area contributed by atoms with Crippen molar-refractivity contribution >= 4 is 11.8 Å². The van der Waals surface area contributed by atoms with Crippen LogP contribution in [-0.4, -0.2) is 41.9 Å². The third kappa shape index (κ3) is 6.21. The summed E-state index contributed by atoms with van der Waals surface area (Å²) in [5, 5.41) is 0. The van der Waals surface area contributed by atoms with Gasteiger partial charge in [0.1, 0.15) is 11.9 Å². The first-order valence-corrected chi connectivity index (χ1v) is 7.44. The molecule has 0 aliphatic carbocycles. The van der Waals surface area contributed by atoms with Gasteiger partial charge in [0.05, 0.1) is 6.04 Å². The lowest BCUT2D eigenvalue weighted by Crippen LogP contribution is -2.40. The quantitative estimate of drug-likeness (QED) is 0.571. The number of Topliss-reactive ketones (excluding diaryl/α,β-unsaturated/α-hetero) is 1. The molecule has 1 heterocycles. The third-order valence-corrected chi connectivity index (χ3v) is 3.38. The topological polar surface area (TPSA) is 46.6 Å². The van der Waals surface area contributed by atoms with Crippen LogP contribution < -0.4 is 0 Å². The Hall–Kier alpha value is -1.34. The molecular formula is C16H25NO3. The number of piperidine rings is 1. The van der Waals surface area contributed by atoms with E-state index >= 15 is 0 Å². The molecule has 0 aromatic rings. The Morgan fingerprint density at radius 1 is 1.40 bits per heavy atom. The molecule has 4 heteroatoms. The van der Waals surface area contributed by atoms with Crippen LogP contribution in [0, 0.1) is 11.8 Å². The van der Waals surface area contributed by atoms with Crippen molar-refractivity contribution in [3.63, 3.8) is 0 Å². The SMILES string of the molecule is CCC[C@H](C#CC[C@H](C)OC(C)=O)N1CCC(=O)CC1. The summed E-state index contributed by atoms with van der Waals surface area (Å²) in [4.78, 5) is 24.4. The van der Waals surface area contributed by atoms with Crippen molar-refractivity contribution in [2.75, 3.05) is 13.1 Å². The molecule has 0 N–H and O–H groups in total. The maximum Gasteiger partial charge on any atom is 0.302 e. The molecule has 1 saturated heterocycles. The van der Waals surface area contributed by atoms with Crippen molar-refractivity contribution in [2.45, 2.75) is 65.0 Å². The van der Waals surface area contributed by atoms with Crippen molar-refractivity contribution < 1.29 is 14.3 Å². The Kier molecular flexibility index (Phi) is 7.32. The smallest absolute Gasteiger partial charge is 0.302 e. The zero-order chi connectivity index (χ0) is 15.0. The minimum Gasteiger partial charge on any atom is -0.462 e. The average Bonchev–Trinajstić information content (AvgIpc) is 2.38. The summed E-state index contributed by atoms with van der Waals surface area (Å²) in [6.45, 7) is 7.04. The standard InChI is InChI=1S/C16H25NO3/c1-4-6-15(17-11-9-16(19)10-12-17)8-5-7-13(2)20-14(3)18/h13,15H,4,6-7,9-12H2,1-3H3/t13-,15+/m0/s1. The van der Waals surface area contributed by atoms with Crippen LogP contribution in [0.4, 0.5) is 0 Å². The van der Waals surface area contributed by atoms with Crippen LogP contribution >= 0.6 is 0 Å². The molecule has 1 rings (SSSR count). The van der Waals surface area contributed by atoms with Crippen molar-refractivity contribution in [3.05, 3.63) is 0 Å². The first-order valence-electron chi connectivity index (χ1n) is 7.44. The second kappa shape index (κ2) is 8.76. The highest BCUT2D eigenvalue weighted by atomic mass is 16.5. The number of likely N-dealkylation sites (tertiary alicyclic amines) is 1. The molecule has 112 valence electrons. The number of ether oxygens (including phenoxy) is 1. The molecule has 0 saturated carbocycles. The Balaban J connectivity index is 2.50. The van der Waals surface area contributed by atoms with Gasteiger partial charge in [0, 0.05) is 39.3 Å². The molecule has 1 aliphatic rings. The van der Waals surface area contributed by atoms with Crippen molar-refractivity contribution in [1.29, 1.82) is 0 Å². The van der Waals surface area contributed by atoms with Gasteiger partial charge in [-0.2, -0.15) is 0 Å². The van der Waals surface area contributed by atoms with E-state index in [4.69, 9.17) is 4.74 Å². The number of nitrogens with zero attached hydrogens (tertiary/aromatic N) is 1. The molecular weight excluding hydrogens is 254 g/mol. The van der Waals surface area contributed by atoms with Gasteiger partial charge in [-0.05, 0) is 13.3 Å². The van der Waals surface area contributed by atoms with E-state index in [1.807, 2.05) is 6.92 Å². The summed E-state index contributed by atoms with van der Waals surface area (Å²) in [7, 11) is 0. The molecule has 1 fully saturated rings. The van der Waals surface area contributed by atoms with Gasteiger partial charge < -0.3 is 4.74 Å². The minimum absolute atomic E-state index is 0.162. The van der Waals surface area contributed by atoms with Crippen LogP contribution in [0.5, 0.6) is 0 Å². The van der Waals surface area contributed by atoms with Crippen LogP contribution in [0.25, 0.3) is 0 Å². The van der Waals surface area contributed by atoms with E-state index in [2.05, 4.69) is 23.7 Å². The number of rotatable bonds is 5. The lowest BCUT2D eigenvalue weighted by molar-refractivity contribution is -0.145. The number of carbonyl (C=O) groups is 2. The van der Waals surface area contributed by atoms with Crippen LogP contribution in [0.15, 0.2) is 0 Å². The van der Waals surface area contributed by atoms with Gasteiger partial charge in [-0.1, -0.05) is 25.2 Å². The fraction of sp³-hybridized carbons (Fsp3) is 0.750. The maximum absolute atomic E-state index is 11.3. The van der Waals surface area contributed by atoms with Gasteiger partial charge in [-0.3, -0.25) is 14.5 Å². The molecule has 0 aromatic carbocycles. The van der Waals surface area contributed by atoms with Gasteiger partial charge in [-0.15, -0.1) is 0 Å². The van der Waals surface area contributed by atoms with E-state index in [0.717, 1.165) is 25.9 Å². The molecule has 4 nitrogen and oxygen atoms in total. The van der Waals surface area contributed by atoms with E-state index in [1.54, 1.807) is 0 Å². The van der Waals surface area contributed by atoms with Crippen molar-refractivity contribution in [3.8, 4) is 11.8 Å². The molecule has 0 spiro atoms. The molecule has 2 atom stereocenters. The third-order valence-electron chi connectivity index (χ3n) is 3.38. The molecule has 0 bridgehead atoms. The van der Waals surface area contributed by atoms with E-state index in [9.17, 15) is 9.59 Å². The van der Waals surface area contributed by atoms with Gasteiger partial charge in [0.25, 0.3) is 0 Å². The summed E-state index contributed by atoms with van der Waals surface area (Å²) >= 11 is 0. The Labute approximate surface area is 121 Å². The van der Waals surface area contributed by atoms with Crippen molar-refractivity contribution in [2.24, 2.45) is 0 Å². The summed E-state index contributed by atoms with van der Waals surface area (Å²) in [6.07, 6.45) is 3.78. The van der Waals surface area contributed by atoms with Gasteiger partial charge >= 0.3 is 5.97 Å². The monoisotopic (exact) mass is 279 g/mol. The first kappa shape index (κ1) is 16.7. The Bertz CT molecular complexity index is 384. The van der Waals surface area contributed by atoms with E-state index < -0.39 is 0 Å². The first-order chi connectivity index (χ1) is 9.52. The summed E-state index contributed by atoms with van der Waals surface area (Å²) < 4.78 is 5.05. The normalized spacial score (nSPS) is 18.9. The van der Waals surface area contributed by atoms with Crippen molar-refractivity contribution in [1.82, 2.24) is 4.90 Å². The summed E-state index contributed by atoms with van der Waals surface area (Å²) in [5.74, 6) is 6.50. The second-order valence-electron chi connectivity index (χ2n) is 5.32. The zero-order valence-electron chi connectivity index (χ0n) is 12.8. The highest BCUT2D eigenvalue weighted by Crippen LogP contribution is 2.13. The number of hydrogen-bond acceptors (Lipinski definition) is 4. The molecule has 1 aliphatic heterocycles. The Morgan fingerprint density at radius 3 is 2.60 bits per heavy atom. The van der Waals surface area contributed by atoms with Gasteiger partial charge in [0.2, 0.25) is 0 Å². The van der Waals surface area contributed by atoms with Crippen LogP contribution in [0.3, 0.4) is 0 Å². The zero-order valence-corrected chi connectivity index (χ0v) is 12.8. The summed E-state index contributed by atoms with van der Waals surface area (Å²) in [5.41, 5.74) is 0. The number of carbonyl (C=O) groups excluding carboxylic acids is 2. The minimum atomic E-state index is -0.265. The second-order valence-corrected chi connectivity index (χ2v) is 5.32. The fourth-order valence-corrected chi connectivity index (χ4v) is 2.35. The van der Waals surface area contributed by atoms with E-state index in [-0.39, 0.29) is 18.1 Å². The predicted octanol–water partition coefficient (Wildman–Crippen LogP) is 2.17. The van der Waals surface area contributed by atoms with Gasteiger partial charge in [0.15, 0.2) is 0 Å². The molecule has 0 amide bonds. The van der Waals surface area contributed by atoms with E-state index in [0.29, 0.717) is 25.0 Å². The molecule has 0 radical (unpaired) electrons. The Morgan fingerprint density at radius 2 is 2.05 bits per heavy atom. The molecule has 20 heavy (non-hydrogen) atoms. The maximum atomic E-state index is 11.3. The average molecular weight is 279 g/mol. The largest absolute Gasteiger partial charge is 0.462 e.